The van der Waals surface area contributed by atoms with Gasteiger partial charge in [0.2, 0.25) is 5.91 Å². The van der Waals surface area contributed by atoms with E-state index in [1.54, 1.807) is 12.1 Å². The standard InChI is InChI=1S/C29H37N3O4/c1-29(2)13-15-31(16-14-29)18-21-9-11-22(12-10-21)20-36-26-8-4-6-23-24(26)19-32(28(23)35)25(7-5-17-33)27(34)30-3/h4,6,8-12,17,25H,5,7,13-16,18-20H2,1-3H3,(H,30,34). The maximum absolute atomic E-state index is 13.1. The quantitative estimate of drug-likeness (QED) is 0.510. The minimum atomic E-state index is -0.688. The zero-order chi connectivity index (χ0) is 25.7. The van der Waals surface area contributed by atoms with Crippen molar-refractivity contribution in [1.29, 1.82) is 0 Å². The summed E-state index contributed by atoms with van der Waals surface area (Å²) < 4.78 is 6.15. The Bertz CT molecular complexity index is 1090. The molecule has 0 saturated carbocycles. The van der Waals surface area contributed by atoms with Crippen LogP contribution in [-0.2, 0) is 29.3 Å². The molecule has 1 N–H and O–H groups in total. The third kappa shape index (κ3) is 5.95. The second-order valence-corrected chi connectivity index (χ2v) is 10.6. The van der Waals surface area contributed by atoms with Crippen LogP contribution in [0.25, 0.3) is 0 Å². The third-order valence-electron chi connectivity index (χ3n) is 7.47. The average Bonchev–Trinajstić information content (AvgIpc) is 3.21. The molecule has 0 bridgehead atoms. The van der Waals surface area contributed by atoms with E-state index in [0.29, 0.717) is 29.8 Å². The molecule has 7 nitrogen and oxygen atoms in total. The highest BCUT2D eigenvalue weighted by molar-refractivity contribution is 6.01. The number of likely N-dealkylation sites (N-methyl/N-ethyl adjacent to an activating group) is 1. The Hall–Kier alpha value is -3.19. The summed E-state index contributed by atoms with van der Waals surface area (Å²) in [5.74, 6) is 0.170. The molecule has 1 unspecified atom stereocenters. The second kappa shape index (κ2) is 11.2. The van der Waals surface area contributed by atoms with E-state index in [9.17, 15) is 14.4 Å². The van der Waals surface area contributed by atoms with Crippen molar-refractivity contribution >= 4 is 18.1 Å². The number of rotatable bonds is 10. The first kappa shape index (κ1) is 25.9. The second-order valence-electron chi connectivity index (χ2n) is 10.6. The molecular weight excluding hydrogens is 454 g/mol. The summed E-state index contributed by atoms with van der Waals surface area (Å²) in [6.45, 7) is 8.63. The van der Waals surface area contributed by atoms with Gasteiger partial charge in [-0.25, -0.2) is 0 Å². The molecule has 192 valence electrons. The molecule has 0 spiro atoms. The molecule has 1 fully saturated rings. The number of carbonyl (C=O) groups is 3. The van der Waals surface area contributed by atoms with Crippen molar-refractivity contribution in [2.45, 2.75) is 65.3 Å². The normalized spacial score (nSPS) is 18.0. The minimum Gasteiger partial charge on any atom is -0.489 e. The molecule has 1 atom stereocenters. The van der Waals surface area contributed by atoms with E-state index >= 15 is 0 Å². The lowest BCUT2D eigenvalue weighted by molar-refractivity contribution is -0.125. The molecule has 4 rings (SSSR count). The van der Waals surface area contributed by atoms with Gasteiger partial charge in [0.15, 0.2) is 0 Å². The summed E-state index contributed by atoms with van der Waals surface area (Å²) in [7, 11) is 1.54. The van der Waals surface area contributed by atoms with Gasteiger partial charge in [0.25, 0.3) is 5.91 Å². The monoisotopic (exact) mass is 491 g/mol. The van der Waals surface area contributed by atoms with E-state index in [0.717, 1.165) is 37.0 Å². The SMILES string of the molecule is CNC(=O)C(CCC=O)N1Cc2c(OCc3ccc(CN4CCC(C)(C)CC4)cc3)cccc2C1=O. The number of hydrogen-bond donors (Lipinski definition) is 1. The molecule has 2 aromatic rings. The largest absolute Gasteiger partial charge is 0.489 e. The molecular formula is C29H37N3O4. The molecule has 1 saturated heterocycles. The lowest BCUT2D eigenvalue weighted by Crippen LogP contribution is -2.46. The number of nitrogens with one attached hydrogen (secondary N) is 1. The van der Waals surface area contributed by atoms with Crippen LogP contribution in [0.3, 0.4) is 0 Å². The number of ether oxygens (including phenoxy) is 1. The molecule has 0 aromatic heterocycles. The summed E-state index contributed by atoms with van der Waals surface area (Å²) >= 11 is 0. The van der Waals surface area contributed by atoms with E-state index in [1.165, 1.54) is 30.4 Å². The lowest BCUT2D eigenvalue weighted by Gasteiger charge is -2.36. The summed E-state index contributed by atoms with van der Waals surface area (Å²) in [6.07, 6.45) is 3.76. The zero-order valence-corrected chi connectivity index (χ0v) is 21.6. The predicted octanol–water partition coefficient (Wildman–Crippen LogP) is 3.94. The average molecular weight is 492 g/mol. The van der Waals surface area contributed by atoms with Gasteiger partial charge in [0.1, 0.15) is 24.7 Å². The van der Waals surface area contributed by atoms with Gasteiger partial charge < -0.3 is 19.7 Å². The van der Waals surface area contributed by atoms with Crippen molar-refractivity contribution in [3.05, 3.63) is 64.7 Å². The maximum Gasteiger partial charge on any atom is 0.255 e. The Morgan fingerprint density at radius 3 is 2.47 bits per heavy atom. The van der Waals surface area contributed by atoms with Crippen molar-refractivity contribution in [1.82, 2.24) is 15.1 Å². The molecule has 2 aliphatic heterocycles. The van der Waals surface area contributed by atoms with E-state index in [2.05, 4.69) is 48.3 Å². The fraction of sp³-hybridized carbons (Fsp3) is 0.483. The fourth-order valence-corrected chi connectivity index (χ4v) is 5.01. The highest BCUT2D eigenvalue weighted by atomic mass is 16.5. The van der Waals surface area contributed by atoms with Crippen LogP contribution in [0.2, 0.25) is 0 Å². The number of hydrogen-bond acceptors (Lipinski definition) is 5. The van der Waals surface area contributed by atoms with Crippen molar-refractivity contribution in [3.63, 3.8) is 0 Å². The number of likely N-dealkylation sites (tertiary alicyclic amines) is 1. The van der Waals surface area contributed by atoms with E-state index in [4.69, 9.17) is 4.74 Å². The molecule has 2 aliphatic rings. The summed E-state index contributed by atoms with van der Waals surface area (Å²) in [5.41, 5.74) is 4.15. The number of fused-ring (bicyclic) bond motifs is 1. The summed E-state index contributed by atoms with van der Waals surface area (Å²) in [5, 5.41) is 2.61. The first-order valence-corrected chi connectivity index (χ1v) is 12.8. The molecule has 0 radical (unpaired) electrons. The number of nitrogens with zero attached hydrogens (tertiary/aromatic N) is 2. The predicted molar refractivity (Wildman–Crippen MR) is 139 cm³/mol. The van der Waals surface area contributed by atoms with Gasteiger partial charge in [-0.2, -0.15) is 0 Å². The Balaban J connectivity index is 1.38. The van der Waals surface area contributed by atoms with Crippen LogP contribution in [0.1, 0.15) is 66.6 Å². The van der Waals surface area contributed by atoms with Crippen molar-refractivity contribution in [2.75, 3.05) is 20.1 Å². The summed E-state index contributed by atoms with van der Waals surface area (Å²) in [4.78, 5) is 40.5. The Kier molecular flexibility index (Phi) is 8.09. The first-order chi connectivity index (χ1) is 17.3. The van der Waals surface area contributed by atoms with Crippen molar-refractivity contribution in [3.8, 4) is 5.75 Å². The molecule has 36 heavy (non-hydrogen) atoms. The number of carbonyl (C=O) groups excluding carboxylic acids is 3. The van der Waals surface area contributed by atoms with Gasteiger partial charge in [-0.05, 0) is 61.0 Å². The highest BCUT2D eigenvalue weighted by Gasteiger charge is 2.37. The maximum atomic E-state index is 13.1. The zero-order valence-electron chi connectivity index (χ0n) is 21.6. The molecule has 2 aromatic carbocycles. The Labute approximate surface area is 213 Å². The van der Waals surface area contributed by atoms with Gasteiger partial charge in [0.05, 0.1) is 6.54 Å². The number of amides is 2. The fourth-order valence-electron chi connectivity index (χ4n) is 5.01. The van der Waals surface area contributed by atoms with Gasteiger partial charge >= 0.3 is 0 Å². The summed E-state index contributed by atoms with van der Waals surface area (Å²) in [6, 6.07) is 13.3. The van der Waals surface area contributed by atoms with Gasteiger partial charge in [-0.3, -0.25) is 14.5 Å². The van der Waals surface area contributed by atoms with Crippen molar-refractivity contribution in [2.24, 2.45) is 5.41 Å². The lowest BCUT2D eigenvalue weighted by atomic mass is 9.82. The van der Waals surface area contributed by atoms with Gasteiger partial charge in [-0.15, -0.1) is 0 Å². The topological polar surface area (TPSA) is 79.0 Å². The molecule has 0 aliphatic carbocycles. The minimum absolute atomic E-state index is 0.208. The van der Waals surface area contributed by atoms with Crippen LogP contribution in [0, 0.1) is 5.41 Å². The van der Waals surface area contributed by atoms with Crippen LogP contribution < -0.4 is 10.1 Å². The molecule has 7 heteroatoms. The van der Waals surface area contributed by atoms with Crippen molar-refractivity contribution < 1.29 is 19.1 Å². The smallest absolute Gasteiger partial charge is 0.255 e. The molecule has 2 heterocycles. The van der Waals surface area contributed by atoms with Crippen LogP contribution in [0.5, 0.6) is 5.75 Å². The van der Waals surface area contributed by atoms with Crippen LogP contribution >= 0.6 is 0 Å². The van der Waals surface area contributed by atoms with Crippen LogP contribution in [-0.4, -0.2) is 54.1 Å². The number of piperidine rings is 1. The Morgan fingerprint density at radius 2 is 1.81 bits per heavy atom. The number of aldehydes is 1. The third-order valence-corrected chi connectivity index (χ3v) is 7.47. The first-order valence-electron chi connectivity index (χ1n) is 12.8. The van der Waals surface area contributed by atoms with Gasteiger partial charge in [-0.1, -0.05) is 44.2 Å². The van der Waals surface area contributed by atoms with Gasteiger partial charge in [0, 0.05) is 31.1 Å². The van der Waals surface area contributed by atoms with E-state index < -0.39 is 6.04 Å². The number of benzene rings is 2. The van der Waals surface area contributed by atoms with Crippen LogP contribution in [0.15, 0.2) is 42.5 Å². The Morgan fingerprint density at radius 1 is 1.11 bits per heavy atom. The van der Waals surface area contributed by atoms with E-state index in [-0.39, 0.29) is 24.8 Å². The van der Waals surface area contributed by atoms with E-state index in [1.807, 2.05) is 6.07 Å². The highest BCUT2D eigenvalue weighted by Crippen LogP contribution is 2.34. The molecule has 2 amide bonds. The van der Waals surface area contributed by atoms with Crippen LogP contribution in [0.4, 0.5) is 0 Å².